The largest absolute Gasteiger partial charge is 0.312 e. The van der Waals surface area contributed by atoms with E-state index in [4.69, 9.17) is 0 Å². The highest BCUT2D eigenvalue weighted by Gasteiger charge is 2.29. The number of hydrogen-bond donors (Lipinski definition) is 1. The molecule has 4 heteroatoms. The summed E-state index contributed by atoms with van der Waals surface area (Å²) in [6.07, 6.45) is 1.86. The van der Waals surface area contributed by atoms with Crippen molar-refractivity contribution >= 4 is 0 Å². The van der Waals surface area contributed by atoms with Gasteiger partial charge in [-0.05, 0) is 32.5 Å². The van der Waals surface area contributed by atoms with Crippen molar-refractivity contribution < 1.29 is 8.78 Å². The van der Waals surface area contributed by atoms with Crippen molar-refractivity contribution in [2.45, 2.75) is 44.8 Å². The van der Waals surface area contributed by atoms with E-state index in [-0.39, 0.29) is 6.04 Å². The second kappa shape index (κ2) is 5.97. The number of rotatable bonds is 3. The summed E-state index contributed by atoms with van der Waals surface area (Å²) in [5, 5.41) is 3.49. The van der Waals surface area contributed by atoms with Crippen LogP contribution in [-0.4, -0.2) is 30.6 Å². The first-order chi connectivity index (χ1) is 8.99. The maximum atomic E-state index is 13.9. The van der Waals surface area contributed by atoms with Gasteiger partial charge in [0.25, 0.3) is 0 Å². The van der Waals surface area contributed by atoms with Gasteiger partial charge in [-0.3, -0.25) is 4.90 Å². The zero-order valence-electron chi connectivity index (χ0n) is 11.8. The van der Waals surface area contributed by atoms with Gasteiger partial charge in [-0.2, -0.15) is 0 Å². The summed E-state index contributed by atoms with van der Waals surface area (Å²) >= 11 is 0. The summed E-state index contributed by atoms with van der Waals surface area (Å²) in [4.78, 5) is 2.11. The SMILES string of the molecule is CC(C)N[C@@H]1CCN(C)[C@H](c2cccc(F)c2F)C1. The minimum atomic E-state index is -0.759. The van der Waals surface area contributed by atoms with Crippen molar-refractivity contribution in [3.05, 3.63) is 35.4 Å². The van der Waals surface area contributed by atoms with E-state index in [2.05, 4.69) is 24.1 Å². The molecule has 0 bridgehead atoms. The minimum absolute atomic E-state index is 0.0549. The van der Waals surface area contributed by atoms with E-state index in [1.54, 1.807) is 12.1 Å². The molecule has 1 N–H and O–H groups in total. The second-order valence-electron chi connectivity index (χ2n) is 5.68. The maximum Gasteiger partial charge on any atom is 0.163 e. The Balaban J connectivity index is 2.19. The molecule has 1 saturated heterocycles. The van der Waals surface area contributed by atoms with Crippen molar-refractivity contribution in [3.63, 3.8) is 0 Å². The fraction of sp³-hybridized carbons (Fsp3) is 0.600. The van der Waals surface area contributed by atoms with Crippen LogP contribution in [0.5, 0.6) is 0 Å². The molecule has 1 fully saturated rings. The highest BCUT2D eigenvalue weighted by molar-refractivity contribution is 5.23. The van der Waals surface area contributed by atoms with Crippen LogP contribution in [0.1, 0.15) is 38.3 Å². The van der Waals surface area contributed by atoms with Crippen molar-refractivity contribution in [3.8, 4) is 0 Å². The lowest BCUT2D eigenvalue weighted by Gasteiger charge is -2.38. The Kier molecular flexibility index (Phi) is 4.53. The van der Waals surface area contributed by atoms with E-state index in [0.29, 0.717) is 17.6 Å². The first kappa shape index (κ1) is 14.4. The second-order valence-corrected chi connectivity index (χ2v) is 5.68. The lowest BCUT2D eigenvalue weighted by Crippen LogP contribution is -2.45. The summed E-state index contributed by atoms with van der Waals surface area (Å²) in [5.74, 6) is -1.46. The summed E-state index contributed by atoms with van der Waals surface area (Å²) < 4.78 is 27.3. The predicted molar refractivity (Wildman–Crippen MR) is 73.0 cm³/mol. The van der Waals surface area contributed by atoms with Crippen LogP contribution in [-0.2, 0) is 0 Å². The fourth-order valence-corrected chi connectivity index (χ4v) is 2.85. The molecule has 0 aromatic heterocycles. The van der Waals surface area contributed by atoms with E-state index in [9.17, 15) is 8.78 Å². The Hall–Kier alpha value is -1.00. The maximum absolute atomic E-state index is 13.9. The van der Waals surface area contributed by atoms with Crippen LogP contribution < -0.4 is 5.32 Å². The van der Waals surface area contributed by atoms with E-state index >= 15 is 0 Å². The smallest absolute Gasteiger partial charge is 0.163 e. The molecule has 0 spiro atoms. The third kappa shape index (κ3) is 3.31. The molecule has 1 aliphatic rings. The van der Waals surface area contributed by atoms with Crippen LogP contribution in [0.25, 0.3) is 0 Å². The molecule has 0 radical (unpaired) electrons. The zero-order valence-corrected chi connectivity index (χ0v) is 11.8. The molecule has 2 nitrogen and oxygen atoms in total. The number of nitrogens with zero attached hydrogens (tertiary/aromatic N) is 1. The lowest BCUT2D eigenvalue weighted by atomic mass is 9.91. The summed E-state index contributed by atoms with van der Waals surface area (Å²) in [6.45, 7) is 5.11. The third-order valence-corrected chi connectivity index (χ3v) is 3.78. The van der Waals surface area contributed by atoms with Gasteiger partial charge in [0.2, 0.25) is 0 Å². The van der Waals surface area contributed by atoms with Gasteiger partial charge in [0.1, 0.15) is 0 Å². The molecule has 0 amide bonds. The van der Waals surface area contributed by atoms with Crippen molar-refractivity contribution in [2.75, 3.05) is 13.6 Å². The molecule has 0 aliphatic carbocycles. The Morgan fingerprint density at radius 2 is 2.05 bits per heavy atom. The molecule has 0 saturated carbocycles. The first-order valence-corrected chi connectivity index (χ1v) is 6.89. The van der Waals surface area contributed by atoms with E-state index in [0.717, 1.165) is 19.4 Å². The van der Waals surface area contributed by atoms with Crippen molar-refractivity contribution in [2.24, 2.45) is 0 Å². The number of piperidine rings is 1. The van der Waals surface area contributed by atoms with Crippen LogP contribution in [0.2, 0.25) is 0 Å². The number of nitrogens with one attached hydrogen (secondary N) is 1. The molecule has 1 aliphatic heterocycles. The summed E-state index contributed by atoms with van der Waals surface area (Å²) in [7, 11) is 1.97. The predicted octanol–water partition coefficient (Wildman–Crippen LogP) is 3.10. The van der Waals surface area contributed by atoms with Crippen LogP contribution in [0.4, 0.5) is 8.78 Å². The molecular formula is C15H22F2N2. The highest BCUT2D eigenvalue weighted by Crippen LogP contribution is 2.32. The molecule has 2 atom stereocenters. The molecule has 19 heavy (non-hydrogen) atoms. The Labute approximate surface area is 113 Å². The van der Waals surface area contributed by atoms with Gasteiger partial charge in [-0.25, -0.2) is 8.78 Å². The van der Waals surface area contributed by atoms with E-state index in [1.165, 1.54) is 6.07 Å². The Bertz CT molecular complexity index is 434. The Morgan fingerprint density at radius 3 is 2.74 bits per heavy atom. The standard InChI is InChI=1S/C15H22F2N2/c1-10(2)18-11-7-8-19(3)14(9-11)12-5-4-6-13(16)15(12)17/h4-6,10-11,14,18H,7-9H2,1-3H3/t11-,14+/m1/s1. The zero-order chi connectivity index (χ0) is 14.0. The monoisotopic (exact) mass is 268 g/mol. The quantitative estimate of drug-likeness (QED) is 0.906. The van der Waals surface area contributed by atoms with Gasteiger partial charge in [0, 0.05) is 23.7 Å². The van der Waals surface area contributed by atoms with Crippen LogP contribution in [0, 0.1) is 11.6 Å². The number of halogens is 2. The molecular weight excluding hydrogens is 246 g/mol. The molecule has 106 valence electrons. The fourth-order valence-electron chi connectivity index (χ4n) is 2.85. The van der Waals surface area contributed by atoms with Gasteiger partial charge < -0.3 is 5.32 Å². The first-order valence-electron chi connectivity index (χ1n) is 6.89. The molecule has 2 rings (SSSR count). The number of benzene rings is 1. The number of hydrogen-bond acceptors (Lipinski definition) is 2. The average molecular weight is 268 g/mol. The van der Waals surface area contributed by atoms with Crippen LogP contribution >= 0.6 is 0 Å². The summed E-state index contributed by atoms with van der Waals surface area (Å²) in [6, 6.07) is 5.17. The molecule has 1 aromatic rings. The molecule has 1 heterocycles. The molecule has 1 aromatic carbocycles. The van der Waals surface area contributed by atoms with Crippen molar-refractivity contribution in [1.82, 2.24) is 10.2 Å². The topological polar surface area (TPSA) is 15.3 Å². The minimum Gasteiger partial charge on any atom is -0.312 e. The highest BCUT2D eigenvalue weighted by atomic mass is 19.2. The van der Waals surface area contributed by atoms with Crippen LogP contribution in [0.15, 0.2) is 18.2 Å². The molecule has 0 unspecified atom stereocenters. The van der Waals surface area contributed by atoms with Gasteiger partial charge >= 0.3 is 0 Å². The van der Waals surface area contributed by atoms with Gasteiger partial charge in [0.05, 0.1) is 0 Å². The lowest BCUT2D eigenvalue weighted by molar-refractivity contribution is 0.149. The van der Waals surface area contributed by atoms with Crippen LogP contribution in [0.3, 0.4) is 0 Å². The Morgan fingerprint density at radius 1 is 1.32 bits per heavy atom. The van der Waals surface area contributed by atoms with Gasteiger partial charge in [0.15, 0.2) is 11.6 Å². The normalized spacial score (nSPS) is 24.9. The van der Waals surface area contributed by atoms with E-state index in [1.807, 2.05) is 7.05 Å². The van der Waals surface area contributed by atoms with Gasteiger partial charge in [-0.1, -0.05) is 26.0 Å². The van der Waals surface area contributed by atoms with Crippen molar-refractivity contribution in [1.29, 1.82) is 0 Å². The van der Waals surface area contributed by atoms with Gasteiger partial charge in [-0.15, -0.1) is 0 Å². The van der Waals surface area contributed by atoms with E-state index < -0.39 is 11.6 Å². The average Bonchev–Trinajstić information content (AvgIpc) is 2.35. The number of likely N-dealkylation sites (tertiary alicyclic amines) is 1. The third-order valence-electron chi connectivity index (χ3n) is 3.78. The summed E-state index contributed by atoms with van der Waals surface area (Å²) in [5.41, 5.74) is 0.470.